The molecule has 5 heterocycles. The van der Waals surface area contributed by atoms with Gasteiger partial charge in [-0.15, -0.1) is 0 Å². The number of β-amino-alcohol motifs (C(OH)–C–C–N with tert-alkyl or cyclic N) is 1. The molecule has 0 aliphatic carbocycles. The van der Waals surface area contributed by atoms with Crippen molar-refractivity contribution >= 4 is 40.5 Å². The summed E-state index contributed by atoms with van der Waals surface area (Å²) in [7, 11) is 3.03. The number of likely N-dealkylation sites (tertiary alicyclic amines) is 1. The summed E-state index contributed by atoms with van der Waals surface area (Å²) in [6, 6.07) is 12.3. The summed E-state index contributed by atoms with van der Waals surface area (Å²) in [5, 5.41) is 39.5. The molecule has 17 heteroatoms. The molecule has 3 aliphatic rings. The van der Waals surface area contributed by atoms with Gasteiger partial charge < -0.3 is 44.5 Å². The number of aliphatic hydroxyl groups is 2. The third kappa shape index (κ3) is 9.82. The Morgan fingerprint density at radius 3 is 2.55 bits per heavy atom. The Morgan fingerprint density at radius 2 is 1.85 bits per heavy atom. The van der Waals surface area contributed by atoms with Crippen molar-refractivity contribution in [3.63, 3.8) is 0 Å². The van der Waals surface area contributed by atoms with Crippen LogP contribution >= 0.6 is 0 Å². The molecule has 4 atom stereocenters. The van der Waals surface area contributed by atoms with Crippen molar-refractivity contribution in [2.75, 3.05) is 40.4 Å². The minimum Gasteiger partial charge on any atom is -0.508 e. The molecular formula is C50H63N7O10. The third-order valence-corrected chi connectivity index (χ3v) is 13.1. The number of phenolic OH excluding ortho intramolecular Hbond substituents is 1. The molecule has 5 N–H and O–H groups in total. The number of cyclic esters (lactones) is 1. The number of carbonyl (C=O) groups excluding carboxylic acids is 5. The molecule has 0 radical (unpaired) electrons. The van der Waals surface area contributed by atoms with E-state index in [1.807, 2.05) is 44.2 Å². The van der Waals surface area contributed by atoms with Crippen LogP contribution in [0, 0.1) is 11.3 Å². The number of ether oxygens (including phenoxy) is 2. The van der Waals surface area contributed by atoms with Crippen LogP contribution in [-0.2, 0) is 59.4 Å². The minimum atomic E-state index is -2.30. The van der Waals surface area contributed by atoms with Crippen LogP contribution in [0.1, 0.15) is 70.6 Å². The van der Waals surface area contributed by atoms with Crippen LogP contribution in [-0.4, -0.2) is 133 Å². The highest BCUT2D eigenvalue weighted by atomic mass is 16.6. The van der Waals surface area contributed by atoms with E-state index < -0.39 is 64.3 Å². The van der Waals surface area contributed by atoms with E-state index in [2.05, 4.69) is 34.9 Å². The maximum Gasteiger partial charge on any atom is 0.355 e. The van der Waals surface area contributed by atoms with Gasteiger partial charge in [0.1, 0.15) is 17.8 Å². The molecule has 1 unspecified atom stereocenters. The summed E-state index contributed by atoms with van der Waals surface area (Å²) in [6.45, 7) is 13.7. The van der Waals surface area contributed by atoms with Crippen molar-refractivity contribution in [1.29, 1.82) is 0 Å². The molecule has 0 spiro atoms. The minimum absolute atomic E-state index is 0.0496. The number of aromatic nitrogens is 2. The molecular weight excluding hydrogens is 859 g/mol. The first-order valence-electron chi connectivity index (χ1n) is 22.8. The quantitative estimate of drug-likeness (QED) is 0.113. The number of hydrazine groups is 1. The Kier molecular flexibility index (Phi) is 14.0. The number of amides is 4. The number of methoxy groups -OCH3 is 1. The molecule has 6 bridgehead atoms. The fourth-order valence-electron chi connectivity index (χ4n) is 9.86. The van der Waals surface area contributed by atoms with Gasteiger partial charge in [-0.05, 0) is 84.3 Å². The second-order valence-corrected chi connectivity index (χ2v) is 19.2. The topological polar surface area (TPSA) is 216 Å². The van der Waals surface area contributed by atoms with Gasteiger partial charge in [0, 0.05) is 81.1 Å². The molecule has 358 valence electrons. The summed E-state index contributed by atoms with van der Waals surface area (Å²) in [6.07, 6.45) is 3.21. The summed E-state index contributed by atoms with van der Waals surface area (Å²) in [5.41, 5.74) is 4.08. The predicted molar refractivity (Wildman–Crippen MR) is 250 cm³/mol. The van der Waals surface area contributed by atoms with Crippen LogP contribution in [0.3, 0.4) is 0 Å². The summed E-state index contributed by atoms with van der Waals surface area (Å²) >= 11 is 0. The van der Waals surface area contributed by atoms with E-state index in [4.69, 9.17) is 14.5 Å². The molecule has 2 fully saturated rings. The van der Waals surface area contributed by atoms with Gasteiger partial charge in [-0.25, -0.2) is 4.79 Å². The molecule has 2 aromatic carbocycles. The van der Waals surface area contributed by atoms with E-state index in [0.717, 1.165) is 55.0 Å². The van der Waals surface area contributed by atoms with Crippen molar-refractivity contribution in [2.45, 2.75) is 103 Å². The average Bonchev–Trinajstić information content (AvgIpc) is 3.84. The monoisotopic (exact) mass is 921 g/mol. The second kappa shape index (κ2) is 19.2. The Labute approximate surface area is 390 Å². The zero-order valence-electron chi connectivity index (χ0n) is 39.4. The number of rotatable bonds is 10. The Hall–Kier alpha value is -6.14. The standard InChI is InChI=1S/C50H63N7O10/c1-9-40(59)55-20-17-49(64,28-55)46(62)54(7)42(30(3)4)44(60)52-38-23-31-21-34(24-35(58)22-31)32-14-15-39-36(25-32)37(43(56(39)10-2)41-33(27-66-8)13-11-18-51-41)26-48(5,6)29-67-47(63)50(65)16-12-19-57(53-50)45(38)61/h9,11,13-15,18,21-22,24-25,30,38,42,53,58,64-65H,1,10,12,16-17,19-20,23,26-29H2,2-8H3,(H,52,60)/t38-,42-,49?,50-/m0/s1. The van der Waals surface area contributed by atoms with Gasteiger partial charge in [0.2, 0.25) is 17.5 Å². The van der Waals surface area contributed by atoms with E-state index in [1.54, 1.807) is 33.2 Å². The number of aromatic hydroxyl groups is 1. The maximum absolute atomic E-state index is 14.7. The summed E-state index contributed by atoms with van der Waals surface area (Å²) in [5.74, 6) is -4.19. The summed E-state index contributed by atoms with van der Waals surface area (Å²) in [4.78, 5) is 76.9. The van der Waals surface area contributed by atoms with E-state index in [0.29, 0.717) is 30.7 Å². The lowest BCUT2D eigenvalue weighted by molar-refractivity contribution is -0.189. The molecule has 4 aromatic rings. The molecule has 0 saturated carbocycles. The number of hydrogen-bond donors (Lipinski definition) is 5. The van der Waals surface area contributed by atoms with E-state index in [1.165, 1.54) is 18.0 Å². The molecule has 2 aromatic heterocycles. The highest BCUT2D eigenvalue weighted by molar-refractivity contribution is 5.97. The van der Waals surface area contributed by atoms with Crippen LogP contribution in [0.5, 0.6) is 5.75 Å². The fraction of sp³-hybridized carbons (Fsp3) is 0.480. The number of fused-ring (bicyclic) bond motifs is 6. The van der Waals surface area contributed by atoms with Crippen LogP contribution in [0.15, 0.2) is 67.4 Å². The van der Waals surface area contributed by atoms with Crippen LogP contribution < -0.4 is 10.7 Å². The largest absolute Gasteiger partial charge is 0.508 e. The molecule has 67 heavy (non-hydrogen) atoms. The number of nitrogens with zero attached hydrogens (tertiary/aromatic N) is 5. The number of aryl methyl sites for hydroxylation is 1. The van der Waals surface area contributed by atoms with Gasteiger partial charge >= 0.3 is 5.97 Å². The highest BCUT2D eigenvalue weighted by Gasteiger charge is 2.49. The fourth-order valence-corrected chi connectivity index (χ4v) is 9.86. The lowest BCUT2D eigenvalue weighted by atomic mass is 9.84. The zero-order chi connectivity index (χ0) is 48.6. The number of nitrogens with one attached hydrogen (secondary N) is 2. The van der Waals surface area contributed by atoms with Gasteiger partial charge in [0.15, 0.2) is 5.60 Å². The normalized spacial score (nSPS) is 22.6. The van der Waals surface area contributed by atoms with E-state index >= 15 is 0 Å². The Morgan fingerprint density at radius 1 is 1.09 bits per heavy atom. The summed E-state index contributed by atoms with van der Waals surface area (Å²) < 4.78 is 13.7. The molecule has 4 amide bonds. The number of carbonyl (C=O) groups is 5. The van der Waals surface area contributed by atoms with Crippen molar-refractivity contribution < 1.29 is 48.8 Å². The Bertz CT molecular complexity index is 2590. The SMILES string of the molecule is C=CC(=O)N1CCC(O)(C(=O)N(C)[C@H](C(=O)N[C@H]2Cc3cc(O)cc(c3)-c3ccc4c(c3)c(c(-c3ncccc3COC)n4CC)CC(C)(C)COC(=O)[C@@]3(O)CCCN(N3)C2=O)C(C)C)C1. The average molecular weight is 922 g/mol. The maximum atomic E-state index is 14.7. The van der Waals surface area contributed by atoms with E-state index in [-0.39, 0.29) is 57.7 Å². The highest BCUT2D eigenvalue weighted by Crippen LogP contribution is 2.41. The van der Waals surface area contributed by atoms with Crippen molar-refractivity contribution in [3.05, 3.63) is 84.1 Å². The lowest BCUT2D eigenvalue weighted by Crippen LogP contribution is -2.67. The molecule has 2 saturated heterocycles. The third-order valence-electron chi connectivity index (χ3n) is 13.1. The van der Waals surface area contributed by atoms with E-state index in [9.17, 15) is 39.3 Å². The number of phenols is 1. The Balaban J connectivity index is 1.32. The molecule has 3 aliphatic heterocycles. The first kappa shape index (κ1) is 48.8. The van der Waals surface area contributed by atoms with Gasteiger partial charge in [0.05, 0.1) is 31.1 Å². The van der Waals surface area contributed by atoms with Gasteiger partial charge in [-0.2, -0.15) is 5.43 Å². The van der Waals surface area contributed by atoms with Gasteiger partial charge in [-0.3, -0.25) is 29.2 Å². The van der Waals surface area contributed by atoms with Crippen LogP contribution in [0.25, 0.3) is 33.4 Å². The van der Waals surface area contributed by atoms with Gasteiger partial charge in [-0.1, -0.05) is 52.5 Å². The van der Waals surface area contributed by atoms with Crippen molar-refractivity contribution in [1.82, 2.24) is 35.1 Å². The van der Waals surface area contributed by atoms with Crippen LogP contribution in [0.2, 0.25) is 0 Å². The van der Waals surface area contributed by atoms with Crippen LogP contribution in [0.4, 0.5) is 0 Å². The van der Waals surface area contributed by atoms with Crippen molar-refractivity contribution in [3.8, 4) is 28.3 Å². The first-order chi connectivity index (χ1) is 31.7. The van der Waals surface area contributed by atoms with Gasteiger partial charge in [0.25, 0.3) is 11.8 Å². The number of likely N-dealkylation sites (N-methyl/N-ethyl adjacent to an activating group) is 1. The number of esters is 1. The predicted octanol–water partition coefficient (Wildman–Crippen LogP) is 3.84. The number of benzene rings is 2. The molecule has 7 rings (SSSR count). The molecule has 17 nitrogen and oxygen atoms in total. The number of hydrogen-bond acceptors (Lipinski definition) is 12. The smallest absolute Gasteiger partial charge is 0.355 e. The number of pyridine rings is 1. The van der Waals surface area contributed by atoms with Crippen molar-refractivity contribution in [2.24, 2.45) is 11.3 Å². The first-order valence-corrected chi connectivity index (χ1v) is 22.8. The zero-order valence-corrected chi connectivity index (χ0v) is 39.4. The second-order valence-electron chi connectivity index (χ2n) is 19.2. The lowest BCUT2D eigenvalue weighted by Gasteiger charge is -2.40.